The number of hydrogen-bond acceptors (Lipinski definition) is 4. The summed E-state index contributed by atoms with van der Waals surface area (Å²) in [6, 6.07) is 1.40. The lowest BCUT2D eigenvalue weighted by Crippen LogP contribution is -2.43. The van der Waals surface area contributed by atoms with Crippen LogP contribution in [0.3, 0.4) is 0 Å². The van der Waals surface area contributed by atoms with E-state index < -0.39 is 0 Å². The summed E-state index contributed by atoms with van der Waals surface area (Å²) in [4.78, 5) is 6.89. The average molecular weight is 235 g/mol. The normalized spacial score (nSPS) is 30.2. The number of aryl methyl sites for hydroxylation is 1. The Balaban J connectivity index is 1.67. The third-order valence-corrected chi connectivity index (χ3v) is 4.17. The monoisotopic (exact) mass is 235 g/mol. The molecule has 1 aromatic heterocycles. The maximum Gasteiger partial charge on any atom is 0.181 e. The van der Waals surface area contributed by atoms with Crippen molar-refractivity contribution in [1.82, 2.24) is 15.2 Å². The second kappa shape index (κ2) is 4.78. The van der Waals surface area contributed by atoms with Crippen LogP contribution in [0.5, 0.6) is 0 Å². The topological polar surface area (TPSA) is 41.3 Å². The highest BCUT2D eigenvalue weighted by atomic mass is 16.3. The fourth-order valence-corrected chi connectivity index (χ4v) is 3.22. The predicted octanol–water partition coefficient (Wildman–Crippen LogP) is 1.70. The van der Waals surface area contributed by atoms with Crippen molar-refractivity contribution in [2.24, 2.45) is 0 Å². The molecule has 2 aliphatic heterocycles. The lowest BCUT2D eigenvalue weighted by Gasteiger charge is -2.28. The highest BCUT2D eigenvalue weighted by Gasteiger charge is 2.33. The van der Waals surface area contributed by atoms with E-state index in [0.717, 1.165) is 18.0 Å². The van der Waals surface area contributed by atoms with Crippen molar-refractivity contribution in [1.29, 1.82) is 0 Å². The number of hydrogen-bond donors (Lipinski definition) is 1. The Morgan fingerprint density at radius 2 is 2.41 bits per heavy atom. The van der Waals surface area contributed by atoms with Crippen LogP contribution < -0.4 is 5.32 Å². The summed E-state index contributed by atoms with van der Waals surface area (Å²) in [5.74, 6) is 0.968. The lowest BCUT2D eigenvalue weighted by atomic mass is 10.0. The minimum absolute atomic E-state index is 0.699. The van der Waals surface area contributed by atoms with Crippen molar-refractivity contribution in [2.45, 2.75) is 51.2 Å². The van der Waals surface area contributed by atoms with Gasteiger partial charge in [-0.3, -0.25) is 4.90 Å². The first-order chi connectivity index (χ1) is 8.34. The molecule has 3 rings (SSSR count). The Hall–Kier alpha value is -0.870. The molecule has 94 valence electrons. The first kappa shape index (κ1) is 11.2. The van der Waals surface area contributed by atoms with Crippen LogP contribution in [-0.4, -0.2) is 35.1 Å². The van der Waals surface area contributed by atoms with E-state index in [0.29, 0.717) is 12.1 Å². The summed E-state index contributed by atoms with van der Waals surface area (Å²) in [5, 5.41) is 3.64. The number of nitrogens with one attached hydrogen (secondary N) is 1. The van der Waals surface area contributed by atoms with E-state index >= 15 is 0 Å². The molecule has 1 N–H and O–H groups in total. The van der Waals surface area contributed by atoms with Gasteiger partial charge >= 0.3 is 0 Å². The number of rotatable bonds is 3. The first-order valence-electron chi connectivity index (χ1n) is 6.71. The van der Waals surface area contributed by atoms with Crippen molar-refractivity contribution in [3.8, 4) is 0 Å². The summed E-state index contributed by atoms with van der Waals surface area (Å²) in [6.45, 7) is 5.35. The molecule has 0 radical (unpaired) electrons. The molecule has 2 saturated heterocycles. The van der Waals surface area contributed by atoms with E-state index in [9.17, 15) is 0 Å². The quantitative estimate of drug-likeness (QED) is 0.866. The standard InChI is InChI=1S/C13H21N3O/c1-10-12(15-9-17-10)8-16-7-3-5-13(16)11-4-2-6-14-11/h9,11,13-14H,2-8H2,1H3. The van der Waals surface area contributed by atoms with Gasteiger partial charge in [-0.1, -0.05) is 0 Å². The maximum atomic E-state index is 5.28. The molecule has 3 heterocycles. The first-order valence-corrected chi connectivity index (χ1v) is 6.71. The van der Waals surface area contributed by atoms with Gasteiger partial charge in [0.15, 0.2) is 6.39 Å². The van der Waals surface area contributed by atoms with Crippen LogP contribution in [-0.2, 0) is 6.54 Å². The third kappa shape index (κ3) is 2.24. The van der Waals surface area contributed by atoms with E-state index in [1.165, 1.54) is 38.8 Å². The fraction of sp³-hybridized carbons (Fsp3) is 0.769. The van der Waals surface area contributed by atoms with Crippen molar-refractivity contribution < 1.29 is 4.42 Å². The van der Waals surface area contributed by atoms with Gasteiger partial charge in [-0.2, -0.15) is 0 Å². The number of oxazole rings is 1. The molecule has 0 bridgehead atoms. The molecule has 0 spiro atoms. The lowest BCUT2D eigenvalue weighted by molar-refractivity contribution is 0.204. The van der Waals surface area contributed by atoms with Gasteiger partial charge in [0.2, 0.25) is 0 Å². The summed E-state index contributed by atoms with van der Waals surface area (Å²) in [6.07, 6.45) is 6.87. The molecule has 2 atom stereocenters. The van der Waals surface area contributed by atoms with Gasteiger partial charge in [0.05, 0.1) is 5.69 Å². The van der Waals surface area contributed by atoms with Crippen LogP contribution in [0.2, 0.25) is 0 Å². The van der Waals surface area contributed by atoms with E-state index in [-0.39, 0.29) is 0 Å². The largest absolute Gasteiger partial charge is 0.448 e. The number of nitrogens with zero attached hydrogens (tertiary/aromatic N) is 2. The van der Waals surface area contributed by atoms with Gasteiger partial charge < -0.3 is 9.73 Å². The molecule has 17 heavy (non-hydrogen) atoms. The van der Waals surface area contributed by atoms with E-state index in [1.54, 1.807) is 6.39 Å². The van der Waals surface area contributed by atoms with E-state index in [4.69, 9.17) is 4.42 Å². The highest BCUT2D eigenvalue weighted by Crippen LogP contribution is 2.26. The molecular weight excluding hydrogens is 214 g/mol. The zero-order chi connectivity index (χ0) is 11.7. The van der Waals surface area contributed by atoms with Gasteiger partial charge in [0, 0.05) is 18.6 Å². The zero-order valence-electron chi connectivity index (χ0n) is 10.5. The van der Waals surface area contributed by atoms with Crippen LogP contribution in [0, 0.1) is 6.92 Å². The predicted molar refractivity (Wildman–Crippen MR) is 65.7 cm³/mol. The molecule has 2 unspecified atom stereocenters. The van der Waals surface area contributed by atoms with Crippen LogP contribution >= 0.6 is 0 Å². The Morgan fingerprint density at radius 1 is 1.47 bits per heavy atom. The fourth-order valence-electron chi connectivity index (χ4n) is 3.22. The van der Waals surface area contributed by atoms with Gasteiger partial charge in [-0.05, 0) is 45.7 Å². The summed E-state index contributed by atoms with van der Waals surface area (Å²) in [5.41, 5.74) is 1.11. The van der Waals surface area contributed by atoms with Crippen molar-refractivity contribution in [3.63, 3.8) is 0 Å². The Bertz CT molecular complexity index is 370. The number of aromatic nitrogens is 1. The maximum absolute atomic E-state index is 5.28. The SMILES string of the molecule is Cc1ocnc1CN1CCCC1C1CCCN1. The Kier molecular flexibility index (Phi) is 3.16. The highest BCUT2D eigenvalue weighted by molar-refractivity contribution is 5.06. The Morgan fingerprint density at radius 3 is 3.12 bits per heavy atom. The smallest absolute Gasteiger partial charge is 0.181 e. The molecular formula is C13H21N3O. The molecule has 1 aromatic rings. The van der Waals surface area contributed by atoms with Gasteiger partial charge in [0.25, 0.3) is 0 Å². The zero-order valence-corrected chi connectivity index (χ0v) is 10.5. The van der Waals surface area contributed by atoms with E-state index in [1.807, 2.05) is 6.92 Å². The molecule has 4 nitrogen and oxygen atoms in total. The van der Waals surface area contributed by atoms with Crippen LogP contribution in [0.4, 0.5) is 0 Å². The summed E-state index contributed by atoms with van der Waals surface area (Å²) < 4.78 is 5.28. The molecule has 0 saturated carbocycles. The molecule has 0 aliphatic carbocycles. The van der Waals surface area contributed by atoms with Crippen molar-refractivity contribution in [3.05, 3.63) is 17.8 Å². The number of likely N-dealkylation sites (tertiary alicyclic amines) is 1. The molecule has 0 amide bonds. The van der Waals surface area contributed by atoms with Gasteiger partial charge in [-0.25, -0.2) is 4.98 Å². The minimum Gasteiger partial charge on any atom is -0.448 e. The van der Waals surface area contributed by atoms with E-state index in [2.05, 4.69) is 15.2 Å². The second-order valence-electron chi connectivity index (χ2n) is 5.24. The van der Waals surface area contributed by atoms with Gasteiger partial charge in [0.1, 0.15) is 5.76 Å². The third-order valence-electron chi connectivity index (χ3n) is 4.17. The molecule has 2 aliphatic rings. The van der Waals surface area contributed by atoms with Crippen LogP contribution in [0.15, 0.2) is 10.8 Å². The van der Waals surface area contributed by atoms with Crippen molar-refractivity contribution in [2.75, 3.05) is 13.1 Å². The summed E-state index contributed by atoms with van der Waals surface area (Å²) >= 11 is 0. The van der Waals surface area contributed by atoms with Crippen molar-refractivity contribution >= 4 is 0 Å². The minimum atomic E-state index is 0.699. The Labute approximate surface area is 102 Å². The molecule has 2 fully saturated rings. The second-order valence-corrected chi connectivity index (χ2v) is 5.24. The van der Waals surface area contributed by atoms with Crippen LogP contribution in [0.1, 0.15) is 37.1 Å². The van der Waals surface area contributed by atoms with Crippen LogP contribution in [0.25, 0.3) is 0 Å². The average Bonchev–Trinajstić information content (AvgIpc) is 3.02. The molecule has 4 heteroatoms. The summed E-state index contributed by atoms with van der Waals surface area (Å²) in [7, 11) is 0. The molecule has 0 aromatic carbocycles. The van der Waals surface area contributed by atoms with Gasteiger partial charge in [-0.15, -0.1) is 0 Å².